The van der Waals surface area contributed by atoms with Gasteiger partial charge in [-0.1, -0.05) is 75.2 Å². The standard InChI is InChI=1S/C16H33NO3.C10H19NO2.C3H8.C2H6.CH3NO.CH2O2/c1-9-12(3)15(13(10-2)19-8)17(7)14(18)11-20-16(4,5)6;1-8(2)10(13-3)9-5-4-6-11(9)7-12;1-3-2;1-2;2*2-1-3/h12-13,15H,9-11H2,1-8H3;7-10H,4-6H2,1-3H3;3H2,1-2H3;1-2H3;1H,(H2,2,3);1H,(H,2,3). The number of primary amides is 1. The van der Waals surface area contributed by atoms with Crippen LogP contribution in [0.2, 0.25) is 0 Å². The third-order valence-electron chi connectivity index (χ3n) is 6.57. The number of rotatable bonds is 12. The lowest BCUT2D eigenvalue weighted by molar-refractivity contribution is -0.146. The highest BCUT2D eigenvalue weighted by atomic mass is 16.5. The second kappa shape index (κ2) is 33.6. The second-order valence-electron chi connectivity index (χ2n) is 11.4. The van der Waals surface area contributed by atoms with E-state index in [4.69, 9.17) is 28.9 Å². The van der Waals surface area contributed by atoms with Crippen LogP contribution in [0.1, 0.15) is 115 Å². The maximum absolute atomic E-state index is 12.3. The fourth-order valence-corrected chi connectivity index (χ4v) is 4.51. The number of amides is 3. The van der Waals surface area contributed by atoms with E-state index < -0.39 is 0 Å². The molecule has 1 heterocycles. The van der Waals surface area contributed by atoms with Gasteiger partial charge in [0, 0.05) is 27.8 Å². The highest BCUT2D eigenvalue weighted by molar-refractivity contribution is 5.77. The lowest BCUT2D eigenvalue weighted by Gasteiger charge is -2.37. The van der Waals surface area contributed by atoms with Crippen molar-refractivity contribution in [3.8, 4) is 0 Å². The largest absolute Gasteiger partial charge is 0.483 e. The first-order valence-electron chi connectivity index (χ1n) is 16.0. The molecule has 1 fully saturated rings. The number of nitrogens with two attached hydrogens (primary N) is 1. The van der Waals surface area contributed by atoms with Crippen molar-refractivity contribution in [1.82, 2.24) is 9.80 Å². The monoisotopic (exact) mass is 638 g/mol. The highest BCUT2D eigenvalue weighted by Gasteiger charge is 2.33. The van der Waals surface area contributed by atoms with E-state index >= 15 is 0 Å². The molecule has 3 N–H and O–H groups in total. The van der Waals surface area contributed by atoms with Crippen molar-refractivity contribution < 1.29 is 38.5 Å². The molecule has 5 atom stereocenters. The topological polar surface area (TPSA) is 149 Å². The minimum absolute atomic E-state index is 0.0146. The summed E-state index contributed by atoms with van der Waals surface area (Å²) >= 11 is 0. The summed E-state index contributed by atoms with van der Waals surface area (Å²) in [7, 11) is 5.30. The van der Waals surface area contributed by atoms with Gasteiger partial charge < -0.3 is 34.9 Å². The summed E-state index contributed by atoms with van der Waals surface area (Å²) in [6.07, 6.45) is 6.80. The molecule has 11 nitrogen and oxygen atoms in total. The molecular formula is C33H71N3O8. The Morgan fingerprint density at radius 2 is 1.48 bits per heavy atom. The van der Waals surface area contributed by atoms with Crippen molar-refractivity contribution >= 4 is 25.2 Å². The quantitative estimate of drug-likeness (QED) is 0.262. The number of hydrogen-bond donors (Lipinski definition) is 2. The average Bonchev–Trinajstić information content (AvgIpc) is 3.44. The van der Waals surface area contributed by atoms with Gasteiger partial charge in [0.15, 0.2) is 0 Å². The summed E-state index contributed by atoms with van der Waals surface area (Å²) in [5.74, 6) is 0.875. The summed E-state index contributed by atoms with van der Waals surface area (Å²) < 4.78 is 16.6. The molecule has 0 spiro atoms. The highest BCUT2D eigenvalue weighted by Crippen LogP contribution is 2.24. The number of likely N-dealkylation sites (tertiary alicyclic amines) is 1. The number of methoxy groups -OCH3 is 2. The van der Waals surface area contributed by atoms with E-state index in [1.807, 2.05) is 46.6 Å². The Hall–Kier alpha value is -2.24. The maximum Gasteiger partial charge on any atom is 0.290 e. The van der Waals surface area contributed by atoms with E-state index in [0.717, 1.165) is 38.6 Å². The molecule has 0 saturated carbocycles. The molecule has 0 aromatic heterocycles. The Labute approximate surface area is 270 Å². The first-order chi connectivity index (χ1) is 20.6. The molecule has 3 amide bonds. The number of likely N-dealkylation sites (N-methyl/N-ethyl adjacent to an activating group) is 1. The van der Waals surface area contributed by atoms with E-state index in [1.54, 1.807) is 19.1 Å². The summed E-state index contributed by atoms with van der Waals surface area (Å²) in [5.41, 5.74) is 3.87. The van der Waals surface area contributed by atoms with Gasteiger partial charge in [0.1, 0.15) is 6.61 Å². The molecule has 1 rings (SSSR count). The number of ether oxygens (including phenoxy) is 3. The van der Waals surface area contributed by atoms with Gasteiger partial charge >= 0.3 is 0 Å². The predicted molar refractivity (Wildman–Crippen MR) is 180 cm³/mol. The third kappa shape index (κ3) is 26.2. The zero-order chi connectivity index (χ0) is 35.9. The van der Waals surface area contributed by atoms with Crippen LogP contribution in [0.25, 0.3) is 0 Å². The second-order valence-corrected chi connectivity index (χ2v) is 11.4. The predicted octanol–water partition coefficient (Wildman–Crippen LogP) is 5.62. The van der Waals surface area contributed by atoms with Crippen LogP contribution in [-0.4, -0.2) is 104 Å². The minimum Gasteiger partial charge on any atom is -0.483 e. The maximum atomic E-state index is 12.3. The Bertz CT molecular complexity index is 649. The molecule has 0 aromatic carbocycles. The van der Waals surface area contributed by atoms with Gasteiger partial charge in [0.25, 0.3) is 6.47 Å². The Kier molecular flexibility index (Phi) is 39.3. The van der Waals surface area contributed by atoms with Crippen molar-refractivity contribution in [2.45, 2.75) is 145 Å². The van der Waals surface area contributed by atoms with Gasteiger partial charge in [0.2, 0.25) is 18.7 Å². The Balaban J connectivity index is -0.000000180. The van der Waals surface area contributed by atoms with Crippen molar-refractivity contribution in [2.24, 2.45) is 17.6 Å². The van der Waals surface area contributed by atoms with Gasteiger partial charge in [-0.2, -0.15) is 0 Å². The Morgan fingerprint density at radius 1 is 1.02 bits per heavy atom. The molecule has 11 heteroatoms. The molecule has 0 bridgehead atoms. The van der Waals surface area contributed by atoms with Crippen LogP contribution in [0.15, 0.2) is 0 Å². The van der Waals surface area contributed by atoms with Crippen LogP contribution < -0.4 is 5.73 Å². The average molecular weight is 638 g/mol. The van der Waals surface area contributed by atoms with E-state index in [0.29, 0.717) is 17.9 Å². The first-order valence-corrected chi connectivity index (χ1v) is 16.0. The number of carboxylic acid groups (broad SMARTS) is 1. The molecule has 44 heavy (non-hydrogen) atoms. The lowest BCUT2D eigenvalue weighted by Crippen LogP contribution is -2.50. The summed E-state index contributed by atoms with van der Waals surface area (Å²) in [5, 5.41) is 6.89. The number of nitrogens with zero attached hydrogens (tertiary/aromatic N) is 2. The van der Waals surface area contributed by atoms with Crippen LogP contribution in [0, 0.1) is 11.8 Å². The first kappa shape index (κ1) is 51.3. The van der Waals surface area contributed by atoms with Crippen LogP contribution in [-0.2, 0) is 33.4 Å². The van der Waals surface area contributed by atoms with Crippen molar-refractivity contribution in [3.05, 3.63) is 0 Å². The van der Waals surface area contributed by atoms with Crippen LogP contribution in [0.5, 0.6) is 0 Å². The van der Waals surface area contributed by atoms with Gasteiger partial charge in [-0.05, 0) is 51.9 Å². The third-order valence-corrected chi connectivity index (χ3v) is 6.57. The van der Waals surface area contributed by atoms with Crippen LogP contribution >= 0.6 is 0 Å². The van der Waals surface area contributed by atoms with E-state index in [-0.39, 0.29) is 49.2 Å². The fourth-order valence-electron chi connectivity index (χ4n) is 4.51. The molecule has 1 aliphatic rings. The lowest BCUT2D eigenvalue weighted by atomic mass is 9.91. The van der Waals surface area contributed by atoms with Gasteiger partial charge in [-0.25, -0.2) is 0 Å². The molecule has 1 aliphatic heterocycles. The SMILES string of the molecule is CC.CCC.CCC(C)C(C(CC)OC)N(C)C(=O)COC(C)(C)C.COC(C(C)C)C1CCCN1C=O.NC=O.O=CO. The van der Waals surface area contributed by atoms with Crippen molar-refractivity contribution in [2.75, 3.05) is 34.4 Å². The van der Waals surface area contributed by atoms with E-state index in [2.05, 4.69) is 54.2 Å². The smallest absolute Gasteiger partial charge is 0.290 e. The summed E-state index contributed by atoms with van der Waals surface area (Å²) in [6.45, 7) is 25.5. The number of hydrogen-bond acceptors (Lipinski definition) is 7. The number of carbonyl (C=O) groups excluding carboxylic acids is 3. The summed E-state index contributed by atoms with van der Waals surface area (Å²) in [6, 6.07) is 0.383. The molecule has 1 saturated heterocycles. The number of carbonyl (C=O) groups is 4. The van der Waals surface area contributed by atoms with E-state index in [9.17, 15) is 9.59 Å². The molecule has 0 aliphatic carbocycles. The zero-order valence-corrected chi connectivity index (χ0v) is 30.9. The van der Waals surface area contributed by atoms with Gasteiger partial charge in [-0.3, -0.25) is 19.2 Å². The molecule has 0 aromatic rings. The van der Waals surface area contributed by atoms with Crippen LogP contribution in [0.3, 0.4) is 0 Å². The van der Waals surface area contributed by atoms with Gasteiger partial charge in [-0.15, -0.1) is 0 Å². The minimum atomic E-state index is -0.298. The molecule has 5 unspecified atom stereocenters. The molecular weight excluding hydrogens is 566 g/mol. The zero-order valence-electron chi connectivity index (χ0n) is 30.9. The van der Waals surface area contributed by atoms with Gasteiger partial charge in [0.05, 0.1) is 29.9 Å². The molecule has 0 radical (unpaired) electrons. The fraction of sp³-hybridized carbons (Fsp3) is 0.879. The van der Waals surface area contributed by atoms with Crippen LogP contribution in [0.4, 0.5) is 0 Å². The molecule has 266 valence electrons. The summed E-state index contributed by atoms with van der Waals surface area (Å²) in [4.78, 5) is 43.7. The normalized spacial score (nSPS) is 16.1. The van der Waals surface area contributed by atoms with E-state index in [1.165, 1.54) is 6.42 Å². The Morgan fingerprint density at radius 3 is 1.77 bits per heavy atom. The van der Waals surface area contributed by atoms with Crippen molar-refractivity contribution in [3.63, 3.8) is 0 Å². The van der Waals surface area contributed by atoms with Crippen molar-refractivity contribution in [1.29, 1.82) is 0 Å².